The molecule has 0 aliphatic rings. The van der Waals surface area contributed by atoms with E-state index >= 15 is 0 Å². The number of carbonyl (C=O) groups is 1. The van der Waals surface area contributed by atoms with Gasteiger partial charge >= 0.3 is 6.18 Å². The lowest BCUT2D eigenvalue weighted by Crippen LogP contribution is -2.40. The van der Waals surface area contributed by atoms with Gasteiger partial charge in [0.25, 0.3) is 5.91 Å². The Balaban J connectivity index is 1.80. The van der Waals surface area contributed by atoms with Crippen molar-refractivity contribution >= 4 is 17.5 Å². The smallest absolute Gasteiger partial charge is 0.330 e. The summed E-state index contributed by atoms with van der Waals surface area (Å²) >= 11 is 6.26. The molecule has 0 bridgehead atoms. The summed E-state index contributed by atoms with van der Waals surface area (Å²) in [6, 6.07) is 18.8. The minimum Gasteiger partial charge on any atom is -0.330 e. The molecule has 0 saturated carbocycles. The van der Waals surface area contributed by atoms with E-state index in [0.717, 1.165) is 23.4 Å². The first-order valence-corrected chi connectivity index (χ1v) is 13.4. The van der Waals surface area contributed by atoms with E-state index in [1.54, 1.807) is 11.0 Å². The molecule has 2 N–H and O–H groups in total. The molecule has 0 aliphatic carbocycles. The van der Waals surface area contributed by atoms with Crippen LogP contribution in [0.1, 0.15) is 53.7 Å². The summed E-state index contributed by atoms with van der Waals surface area (Å²) < 4.78 is 41.3. The summed E-state index contributed by atoms with van der Waals surface area (Å²) in [5.41, 5.74) is 7.40. The van der Waals surface area contributed by atoms with Crippen molar-refractivity contribution < 1.29 is 18.0 Å². The second-order valence-corrected chi connectivity index (χ2v) is 10.3. The lowest BCUT2D eigenvalue weighted by molar-refractivity contribution is -0.141. The van der Waals surface area contributed by atoms with Gasteiger partial charge in [0, 0.05) is 36.1 Å². The Morgan fingerprint density at radius 3 is 2.42 bits per heavy atom. The average Bonchev–Trinajstić information content (AvgIpc) is 3.33. The number of imidazole rings is 1. The van der Waals surface area contributed by atoms with E-state index in [1.807, 2.05) is 73.1 Å². The fraction of sp³-hybridized carbons (Fsp3) is 0.300. The standard InChI is InChI=1S/C30H31ClF3N5O/c1-20(2)27(39(15-7-14-35)29(40)23-12-13-26(36-17-23)30(32,33)34)28-37-25(22-10-6-11-24(31)16-22)19-38(28)18-21-8-4-3-5-9-21/h3-6,8-13,16-17,19-20,27H,7,14-15,18,35H2,1-2H3. The third kappa shape index (κ3) is 6.89. The van der Waals surface area contributed by atoms with E-state index in [2.05, 4.69) is 4.98 Å². The molecule has 0 radical (unpaired) electrons. The Morgan fingerprint density at radius 1 is 1.07 bits per heavy atom. The molecule has 10 heteroatoms. The Hall–Kier alpha value is -3.69. The van der Waals surface area contributed by atoms with Crippen molar-refractivity contribution in [3.63, 3.8) is 0 Å². The topological polar surface area (TPSA) is 77.0 Å². The van der Waals surface area contributed by atoms with Crippen LogP contribution in [0.25, 0.3) is 11.3 Å². The van der Waals surface area contributed by atoms with Crippen molar-refractivity contribution in [3.05, 3.63) is 107 Å². The minimum absolute atomic E-state index is 0.0619. The summed E-state index contributed by atoms with van der Waals surface area (Å²) in [5, 5.41) is 0.576. The molecule has 4 rings (SSSR count). The monoisotopic (exact) mass is 569 g/mol. The number of hydrogen-bond acceptors (Lipinski definition) is 4. The van der Waals surface area contributed by atoms with E-state index in [4.69, 9.17) is 22.3 Å². The summed E-state index contributed by atoms with van der Waals surface area (Å²) in [6.45, 7) is 5.11. The molecule has 0 saturated heterocycles. The van der Waals surface area contributed by atoms with Crippen molar-refractivity contribution in [2.45, 2.75) is 39.0 Å². The molecule has 210 valence electrons. The van der Waals surface area contributed by atoms with Crippen LogP contribution in [0.2, 0.25) is 5.02 Å². The van der Waals surface area contributed by atoms with Gasteiger partial charge in [0.05, 0.1) is 17.3 Å². The first-order chi connectivity index (χ1) is 19.1. The van der Waals surface area contributed by atoms with Gasteiger partial charge in [-0.1, -0.05) is 67.9 Å². The van der Waals surface area contributed by atoms with Crippen molar-refractivity contribution in [1.82, 2.24) is 19.4 Å². The highest BCUT2D eigenvalue weighted by atomic mass is 35.5. The fourth-order valence-electron chi connectivity index (χ4n) is 4.64. The SMILES string of the molecule is CC(C)C(c1nc(-c2cccc(Cl)c2)cn1Cc1ccccc1)N(CCCN)C(=O)c1ccc(C(F)(F)F)nc1. The minimum atomic E-state index is -4.60. The number of amides is 1. The quantitative estimate of drug-likeness (QED) is 0.226. The van der Waals surface area contributed by atoms with E-state index in [1.165, 1.54) is 6.07 Å². The van der Waals surface area contributed by atoms with Gasteiger partial charge in [0.2, 0.25) is 0 Å². The first kappa shape index (κ1) is 29.3. The number of aromatic nitrogens is 3. The highest BCUT2D eigenvalue weighted by Gasteiger charge is 2.35. The maximum Gasteiger partial charge on any atom is 0.433 e. The molecule has 0 spiro atoms. The zero-order valence-corrected chi connectivity index (χ0v) is 23.0. The highest BCUT2D eigenvalue weighted by Crippen LogP contribution is 2.34. The number of rotatable bonds is 10. The second-order valence-electron chi connectivity index (χ2n) is 9.87. The predicted octanol–water partition coefficient (Wildman–Crippen LogP) is 6.85. The van der Waals surface area contributed by atoms with Crippen LogP contribution in [0.5, 0.6) is 0 Å². The van der Waals surface area contributed by atoms with Crippen LogP contribution in [0.15, 0.2) is 79.1 Å². The van der Waals surface area contributed by atoms with Gasteiger partial charge < -0.3 is 15.2 Å². The van der Waals surface area contributed by atoms with Crippen LogP contribution in [0.3, 0.4) is 0 Å². The van der Waals surface area contributed by atoms with Crippen LogP contribution in [-0.4, -0.2) is 38.4 Å². The maximum absolute atomic E-state index is 13.8. The maximum atomic E-state index is 13.8. The zero-order chi connectivity index (χ0) is 28.9. The first-order valence-electron chi connectivity index (χ1n) is 13.0. The summed E-state index contributed by atoms with van der Waals surface area (Å²) in [6.07, 6.45) is -1.18. The van der Waals surface area contributed by atoms with E-state index < -0.39 is 23.8 Å². The Labute approximate surface area is 236 Å². The van der Waals surface area contributed by atoms with Gasteiger partial charge in [0.15, 0.2) is 0 Å². The van der Waals surface area contributed by atoms with E-state index in [0.29, 0.717) is 42.6 Å². The van der Waals surface area contributed by atoms with Crippen LogP contribution in [0, 0.1) is 5.92 Å². The van der Waals surface area contributed by atoms with Crippen molar-refractivity contribution in [1.29, 1.82) is 0 Å². The Morgan fingerprint density at radius 2 is 1.82 bits per heavy atom. The average molecular weight is 570 g/mol. The number of hydrogen-bond donors (Lipinski definition) is 1. The van der Waals surface area contributed by atoms with Gasteiger partial charge in [0.1, 0.15) is 11.5 Å². The molecule has 2 heterocycles. The molecule has 0 fully saturated rings. The molecular formula is C30H31ClF3N5O. The lowest BCUT2D eigenvalue weighted by Gasteiger charge is -2.34. The van der Waals surface area contributed by atoms with E-state index in [-0.39, 0.29) is 11.5 Å². The van der Waals surface area contributed by atoms with Gasteiger partial charge in [-0.3, -0.25) is 9.78 Å². The number of pyridine rings is 1. The second kappa shape index (κ2) is 12.7. The molecule has 40 heavy (non-hydrogen) atoms. The molecule has 1 unspecified atom stereocenters. The van der Waals surface area contributed by atoms with Gasteiger partial charge in [-0.25, -0.2) is 4.98 Å². The predicted molar refractivity (Wildman–Crippen MR) is 150 cm³/mol. The third-order valence-electron chi connectivity index (χ3n) is 6.52. The number of benzene rings is 2. The zero-order valence-electron chi connectivity index (χ0n) is 22.3. The molecule has 4 aromatic rings. The number of nitrogens with two attached hydrogens (primary N) is 1. The van der Waals surface area contributed by atoms with Gasteiger partial charge in [-0.05, 0) is 48.7 Å². The lowest BCUT2D eigenvalue weighted by atomic mass is 9.99. The molecule has 1 atom stereocenters. The molecule has 6 nitrogen and oxygen atoms in total. The highest BCUT2D eigenvalue weighted by molar-refractivity contribution is 6.30. The van der Waals surface area contributed by atoms with Crippen LogP contribution >= 0.6 is 11.6 Å². The van der Waals surface area contributed by atoms with Crippen molar-refractivity contribution in [2.24, 2.45) is 11.7 Å². The third-order valence-corrected chi connectivity index (χ3v) is 6.76. The Bertz CT molecular complexity index is 1420. The molecular weight excluding hydrogens is 539 g/mol. The van der Waals surface area contributed by atoms with Gasteiger partial charge in [-0.15, -0.1) is 0 Å². The van der Waals surface area contributed by atoms with Crippen LogP contribution in [0.4, 0.5) is 13.2 Å². The van der Waals surface area contributed by atoms with Crippen LogP contribution < -0.4 is 5.73 Å². The van der Waals surface area contributed by atoms with Crippen molar-refractivity contribution in [3.8, 4) is 11.3 Å². The van der Waals surface area contributed by atoms with E-state index in [9.17, 15) is 18.0 Å². The molecule has 2 aromatic carbocycles. The summed E-state index contributed by atoms with van der Waals surface area (Å²) in [7, 11) is 0. The number of nitrogens with zero attached hydrogens (tertiary/aromatic N) is 4. The van der Waals surface area contributed by atoms with Crippen molar-refractivity contribution in [2.75, 3.05) is 13.1 Å². The number of alkyl halides is 3. The molecule has 1 amide bonds. The Kier molecular flexibility index (Phi) is 9.27. The number of halogens is 4. The molecule has 0 aliphatic heterocycles. The van der Waals surface area contributed by atoms with Crippen LogP contribution in [-0.2, 0) is 12.7 Å². The number of carbonyl (C=O) groups excluding carboxylic acids is 1. The largest absolute Gasteiger partial charge is 0.433 e. The van der Waals surface area contributed by atoms with Gasteiger partial charge in [-0.2, -0.15) is 13.2 Å². The fourth-order valence-corrected chi connectivity index (χ4v) is 4.83. The normalized spacial score (nSPS) is 12.5. The molecule has 2 aromatic heterocycles. The summed E-state index contributed by atoms with van der Waals surface area (Å²) in [4.78, 5) is 24.0. The summed E-state index contributed by atoms with van der Waals surface area (Å²) in [5.74, 6) is 0.124.